The molecule has 0 aliphatic carbocycles. The molecule has 0 atom stereocenters. The number of anilines is 1. The Bertz CT molecular complexity index is 951. The summed E-state index contributed by atoms with van der Waals surface area (Å²) < 4.78 is 10.6. The fraction of sp³-hybridized carbons (Fsp3) is 0.350. The highest BCUT2D eigenvalue weighted by Gasteiger charge is 2.28. The number of nitriles is 1. The van der Waals surface area contributed by atoms with Crippen LogP contribution in [0.2, 0.25) is 0 Å². The molecule has 0 aromatic carbocycles. The molecule has 1 aliphatic rings. The number of nitrogens with zero attached hydrogens (tertiary/aromatic N) is 2. The Morgan fingerprint density at radius 1 is 1.46 bits per heavy atom. The minimum atomic E-state index is -0.346. The zero-order valence-electron chi connectivity index (χ0n) is 15.8. The van der Waals surface area contributed by atoms with Gasteiger partial charge in [-0.2, -0.15) is 5.26 Å². The highest BCUT2D eigenvalue weighted by Crippen LogP contribution is 2.36. The van der Waals surface area contributed by atoms with Crippen molar-refractivity contribution in [3.05, 3.63) is 45.7 Å². The average Bonchev–Trinajstić information content (AvgIpc) is 3.26. The van der Waals surface area contributed by atoms with Crippen LogP contribution >= 0.6 is 11.3 Å². The predicted octanol–water partition coefficient (Wildman–Crippen LogP) is 4.08. The molecule has 1 aliphatic heterocycles. The number of carbonyl (C=O) groups excluding carboxylic acids is 2. The Hall–Kier alpha value is -3.05. The molecule has 1 N–H and O–H groups in total. The fourth-order valence-corrected chi connectivity index (χ4v) is 4.12. The second-order valence-electron chi connectivity index (χ2n) is 6.38. The molecule has 0 fully saturated rings. The van der Waals surface area contributed by atoms with Crippen molar-refractivity contribution < 1.29 is 18.7 Å². The Morgan fingerprint density at radius 3 is 2.96 bits per heavy atom. The summed E-state index contributed by atoms with van der Waals surface area (Å²) in [5.74, 6) is 1.00. The van der Waals surface area contributed by atoms with Gasteiger partial charge in [0.15, 0.2) is 0 Å². The lowest BCUT2D eigenvalue weighted by Gasteiger charge is -2.26. The van der Waals surface area contributed by atoms with E-state index in [1.807, 2.05) is 19.9 Å². The van der Waals surface area contributed by atoms with E-state index >= 15 is 0 Å². The standard InChI is InChI=1S/C20H21N3O4S/c1-3-10-26-20(25)23-9-8-15-16(11-21)19(28-17(15)12-23)22-18(24)7-6-14-5-4-13(2)27-14/h4-7H,3,8-10,12H2,1-2H3,(H,22,24)/b7-6+. The smallest absolute Gasteiger partial charge is 0.410 e. The van der Waals surface area contributed by atoms with Crippen molar-refractivity contribution in [1.29, 1.82) is 5.26 Å². The first-order valence-electron chi connectivity index (χ1n) is 9.03. The van der Waals surface area contributed by atoms with Gasteiger partial charge in [-0.3, -0.25) is 4.79 Å². The summed E-state index contributed by atoms with van der Waals surface area (Å²) in [5.41, 5.74) is 1.37. The first-order valence-corrected chi connectivity index (χ1v) is 9.85. The van der Waals surface area contributed by atoms with Crippen molar-refractivity contribution in [3.8, 4) is 6.07 Å². The molecule has 7 nitrogen and oxygen atoms in total. The number of hydrogen-bond acceptors (Lipinski definition) is 6. The molecule has 2 aromatic rings. The molecule has 0 radical (unpaired) electrons. The van der Waals surface area contributed by atoms with Crippen LogP contribution in [0.1, 0.15) is 40.9 Å². The second kappa shape index (κ2) is 8.76. The summed E-state index contributed by atoms with van der Waals surface area (Å²) in [4.78, 5) is 26.8. The number of thiophene rings is 1. The molecule has 2 aromatic heterocycles. The maximum atomic E-state index is 12.2. The molecule has 2 amide bonds. The topological polar surface area (TPSA) is 95.6 Å². The molecule has 0 bridgehead atoms. The normalized spacial score (nSPS) is 13.2. The molecule has 146 valence electrons. The number of furan rings is 1. The van der Waals surface area contributed by atoms with E-state index in [4.69, 9.17) is 9.15 Å². The third kappa shape index (κ3) is 4.43. The summed E-state index contributed by atoms with van der Waals surface area (Å²) in [7, 11) is 0. The minimum Gasteiger partial charge on any atom is -0.462 e. The minimum absolute atomic E-state index is 0.344. The van der Waals surface area contributed by atoms with Crippen LogP contribution in [0.4, 0.5) is 9.80 Å². The highest BCUT2D eigenvalue weighted by molar-refractivity contribution is 7.16. The lowest BCUT2D eigenvalue weighted by molar-refractivity contribution is -0.111. The highest BCUT2D eigenvalue weighted by atomic mass is 32.1. The van der Waals surface area contributed by atoms with Gasteiger partial charge in [0.05, 0.1) is 18.7 Å². The van der Waals surface area contributed by atoms with Crippen molar-refractivity contribution in [1.82, 2.24) is 4.90 Å². The zero-order chi connectivity index (χ0) is 20.1. The van der Waals surface area contributed by atoms with Gasteiger partial charge in [0.25, 0.3) is 0 Å². The molecule has 3 heterocycles. The lowest BCUT2D eigenvalue weighted by Crippen LogP contribution is -2.36. The van der Waals surface area contributed by atoms with Crippen LogP contribution in [0, 0.1) is 18.3 Å². The molecule has 0 saturated carbocycles. The number of rotatable bonds is 5. The molecule has 8 heteroatoms. The number of fused-ring (bicyclic) bond motifs is 1. The van der Waals surface area contributed by atoms with Gasteiger partial charge in [-0.25, -0.2) is 4.79 Å². The molecule has 0 spiro atoms. The first-order chi connectivity index (χ1) is 13.5. The van der Waals surface area contributed by atoms with Gasteiger partial charge < -0.3 is 19.4 Å². The maximum absolute atomic E-state index is 12.2. The molecular weight excluding hydrogens is 378 g/mol. The van der Waals surface area contributed by atoms with Crippen LogP contribution in [0.25, 0.3) is 6.08 Å². The van der Waals surface area contributed by atoms with Crippen LogP contribution in [-0.4, -0.2) is 30.1 Å². The van der Waals surface area contributed by atoms with Gasteiger partial charge in [-0.1, -0.05) is 6.92 Å². The average molecular weight is 399 g/mol. The van der Waals surface area contributed by atoms with Crippen molar-refractivity contribution in [2.75, 3.05) is 18.5 Å². The van der Waals surface area contributed by atoms with E-state index < -0.39 is 0 Å². The number of ether oxygens (including phenoxy) is 1. The van der Waals surface area contributed by atoms with Gasteiger partial charge in [0.2, 0.25) is 5.91 Å². The van der Waals surface area contributed by atoms with Crippen molar-refractivity contribution in [2.24, 2.45) is 0 Å². The van der Waals surface area contributed by atoms with Crippen LogP contribution in [0.5, 0.6) is 0 Å². The molecular formula is C20H21N3O4S. The number of aryl methyl sites for hydroxylation is 1. The van der Waals surface area contributed by atoms with Gasteiger partial charge in [-0.05, 0) is 43.5 Å². The largest absolute Gasteiger partial charge is 0.462 e. The van der Waals surface area contributed by atoms with E-state index in [-0.39, 0.29) is 12.0 Å². The van der Waals surface area contributed by atoms with Crippen LogP contribution in [-0.2, 0) is 22.5 Å². The number of nitrogens with one attached hydrogen (secondary N) is 1. The summed E-state index contributed by atoms with van der Waals surface area (Å²) in [6.07, 6.45) is 3.93. The Kier molecular flexibility index (Phi) is 6.16. The van der Waals surface area contributed by atoms with E-state index in [1.54, 1.807) is 17.0 Å². The SMILES string of the molecule is CCCOC(=O)N1CCc2c(sc(NC(=O)/C=C/c3ccc(C)o3)c2C#N)C1. The van der Waals surface area contributed by atoms with E-state index in [0.29, 0.717) is 42.4 Å². The monoisotopic (exact) mass is 399 g/mol. The van der Waals surface area contributed by atoms with Crippen molar-refractivity contribution in [3.63, 3.8) is 0 Å². The van der Waals surface area contributed by atoms with Crippen LogP contribution < -0.4 is 5.32 Å². The van der Waals surface area contributed by atoms with Gasteiger partial charge in [-0.15, -0.1) is 11.3 Å². The quantitative estimate of drug-likeness (QED) is 0.765. The van der Waals surface area contributed by atoms with Crippen molar-refractivity contribution >= 4 is 34.4 Å². The Labute approximate surface area is 167 Å². The summed E-state index contributed by atoms with van der Waals surface area (Å²) in [5, 5.41) is 12.8. The molecule has 28 heavy (non-hydrogen) atoms. The third-order valence-electron chi connectivity index (χ3n) is 4.25. The van der Waals surface area contributed by atoms with E-state index in [1.165, 1.54) is 17.4 Å². The van der Waals surface area contributed by atoms with E-state index in [9.17, 15) is 14.9 Å². The van der Waals surface area contributed by atoms with E-state index in [2.05, 4.69) is 11.4 Å². The van der Waals surface area contributed by atoms with Gasteiger partial charge >= 0.3 is 6.09 Å². The lowest BCUT2D eigenvalue weighted by atomic mass is 10.0. The van der Waals surface area contributed by atoms with Gasteiger partial charge in [0, 0.05) is 17.5 Å². The van der Waals surface area contributed by atoms with E-state index in [0.717, 1.165) is 22.6 Å². The van der Waals surface area contributed by atoms with Gasteiger partial charge in [0.1, 0.15) is 22.6 Å². The second-order valence-corrected chi connectivity index (χ2v) is 7.48. The predicted molar refractivity (Wildman–Crippen MR) is 106 cm³/mol. The van der Waals surface area contributed by atoms with Crippen LogP contribution in [0.15, 0.2) is 22.6 Å². The van der Waals surface area contributed by atoms with Crippen LogP contribution in [0.3, 0.4) is 0 Å². The Morgan fingerprint density at radius 2 is 2.29 bits per heavy atom. The van der Waals surface area contributed by atoms with Crippen molar-refractivity contribution in [2.45, 2.75) is 33.2 Å². The summed E-state index contributed by atoms with van der Waals surface area (Å²) in [6.45, 7) is 5.03. The molecule has 3 rings (SSSR count). The fourth-order valence-electron chi connectivity index (χ4n) is 2.90. The zero-order valence-corrected chi connectivity index (χ0v) is 16.6. The maximum Gasteiger partial charge on any atom is 0.410 e. The summed E-state index contributed by atoms with van der Waals surface area (Å²) >= 11 is 1.32. The third-order valence-corrected chi connectivity index (χ3v) is 5.39. The molecule has 0 unspecified atom stereocenters. The molecule has 0 saturated heterocycles. The Balaban J connectivity index is 1.71. The summed E-state index contributed by atoms with van der Waals surface area (Å²) in [6, 6.07) is 5.77. The number of hydrogen-bond donors (Lipinski definition) is 1. The number of amides is 2. The first kappa shape index (κ1) is 19.7. The number of carbonyl (C=O) groups is 2.